The maximum Gasteiger partial charge on any atom is 0.320 e. The fraction of sp³-hybridized carbons (Fsp3) is 0.522. The molecule has 0 amide bonds. The number of methoxy groups -OCH3 is 1. The highest BCUT2D eigenvalue weighted by molar-refractivity contribution is 5.82. The van der Waals surface area contributed by atoms with Crippen LogP contribution in [-0.4, -0.2) is 71.4 Å². The van der Waals surface area contributed by atoms with E-state index >= 15 is 0 Å². The van der Waals surface area contributed by atoms with Gasteiger partial charge in [-0.15, -0.1) is 0 Å². The highest BCUT2D eigenvalue weighted by atomic mass is 19.1. The summed E-state index contributed by atoms with van der Waals surface area (Å²) < 4.78 is 27.7. The van der Waals surface area contributed by atoms with E-state index in [4.69, 9.17) is 9.47 Å². The van der Waals surface area contributed by atoms with Crippen LogP contribution >= 0.6 is 0 Å². The van der Waals surface area contributed by atoms with E-state index in [9.17, 15) is 4.39 Å². The third kappa shape index (κ3) is 3.22. The van der Waals surface area contributed by atoms with Gasteiger partial charge in [0.05, 0.1) is 37.6 Å². The number of fused-ring (bicyclic) bond motifs is 3. The molecule has 168 valence electrons. The number of alkyl halides is 1. The van der Waals surface area contributed by atoms with E-state index < -0.39 is 6.17 Å². The van der Waals surface area contributed by atoms with E-state index in [0.717, 1.165) is 60.4 Å². The fourth-order valence-electron chi connectivity index (χ4n) is 5.39. The Hall–Kier alpha value is -2.78. The number of rotatable bonds is 4. The van der Waals surface area contributed by atoms with Crippen molar-refractivity contribution in [1.82, 2.24) is 25.1 Å². The molecule has 3 fully saturated rings. The molecule has 2 bridgehead atoms. The summed E-state index contributed by atoms with van der Waals surface area (Å²) in [4.78, 5) is 11.4. The van der Waals surface area contributed by atoms with Gasteiger partial charge in [0, 0.05) is 30.5 Å². The van der Waals surface area contributed by atoms with Crippen LogP contribution in [0.2, 0.25) is 0 Å². The molecule has 8 nitrogen and oxygen atoms in total. The average molecular weight is 439 g/mol. The number of nitrogens with zero attached hydrogens (tertiary/aromatic N) is 5. The minimum absolute atomic E-state index is 0.111. The summed E-state index contributed by atoms with van der Waals surface area (Å²) in [6.07, 6.45) is 3.01. The lowest BCUT2D eigenvalue weighted by molar-refractivity contribution is 0.0988. The van der Waals surface area contributed by atoms with Crippen molar-refractivity contribution in [3.8, 4) is 11.8 Å². The number of hydrogen-bond donors (Lipinski definition) is 1. The van der Waals surface area contributed by atoms with Crippen LogP contribution < -0.4 is 15.0 Å². The van der Waals surface area contributed by atoms with Gasteiger partial charge in [-0.3, -0.25) is 0 Å². The van der Waals surface area contributed by atoms with E-state index in [1.807, 2.05) is 16.9 Å². The van der Waals surface area contributed by atoms with Gasteiger partial charge in [0.1, 0.15) is 12.0 Å². The Morgan fingerprint density at radius 3 is 2.84 bits per heavy atom. The molecule has 0 spiro atoms. The summed E-state index contributed by atoms with van der Waals surface area (Å²) in [6.45, 7) is 4.82. The fourth-order valence-corrected chi connectivity index (χ4v) is 5.39. The number of aryl methyl sites for hydroxylation is 1. The Balaban J connectivity index is 1.44. The third-order valence-electron chi connectivity index (χ3n) is 7.04. The van der Waals surface area contributed by atoms with Gasteiger partial charge in [0.25, 0.3) is 0 Å². The van der Waals surface area contributed by atoms with Gasteiger partial charge < -0.3 is 19.7 Å². The van der Waals surface area contributed by atoms with Crippen molar-refractivity contribution in [3.05, 3.63) is 35.5 Å². The van der Waals surface area contributed by atoms with Crippen molar-refractivity contribution in [2.75, 3.05) is 38.3 Å². The van der Waals surface area contributed by atoms with Crippen LogP contribution in [-0.2, 0) is 4.74 Å². The van der Waals surface area contributed by atoms with Crippen molar-refractivity contribution in [2.45, 2.75) is 44.0 Å². The Kier molecular flexibility index (Phi) is 4.76. The second kappa shape index (κ2) is 7.67. The highest BCUT2D eigenvalue weighted by Gasteiger charge is 2.40. The number of nitrogens with one attached hydrogen (secondary N) is 1. The molecule has 6 rings (SSSR count). The van der Waals surface area contributed by atoms with Crippen LogP contribution in [0, 0.1) is 6.92 Å². The highest BCUT2D eigenvalue weighted by Crippen LogP contribution is 2.35. The number of piperidine rings is 1. The first-order valence-corrected chi connectivity index (χ1v) is 11.3. The van der Waals surface area contributed by atoms with Crippen LogP contribution in [0.15, 0.2) is 24.4 Å². The summed E-state index contributed by atoms with van der Waals surface area (Å²) >= 11 is 0. The molecule has 3 saturated heterocycles. The lowest BCUT2D eigenvalue weighted by Gasteiger charge is -2.28. The van der Waals surface area contributed by atoms with Crippen LogP contribution in [0.1, 0.15) is 29.9 Å². The van der Waals surface area contributed by atoms with Gasteiger partial charge in [-0.1, -0.05) is 0 Å². The molecule has 3 aliphatic rings. The standard InChI is InChI=1S/C23H27FN6O2/c1-13-5-14-9-26-30(20(14)7-18(13)17-3-4-25-10-19(17)24)22-8-21(27-23(28-22)31-2)29-11-16-6-15(29)12-32-16/h5,7-9,15-17,19,25H,3-4,6,10-12H2,1-2H3. The van der Waals surface area contributed by atoms with Crippen LogP contribution in [0.5, 0.6) is 6.01 Å². The second-order valence-electron chi connectivity index (χ2n) is 9.01. The number of hydrogen-bond acceptors (Lipinski definition) is 7. The van der Waals surface area contributed by atoms with Crippen molar-refractivity contribution in [1.29, 1.82) is 0 Å². The van der Waals surface area contributed by atoms with Gasteiger partial charge in [0.2, 0.25) is 0 Å². The minimum Gasteiger partial charge on any atom is -0.467 e. The second-order valence-corrected chi connectivity index (χ2v) is 9.01. The maximum atomic E-state index is 14.7. The molecule has 5 heterocycles. The molecule has 3 aromatic rings. The number of morpholine rings is 1. The zero-order chi connectivity index (χ0) is 21.8. The molecular formula is C23H27FN6O2. The third-order valence-corrected chi connectivity index (χ3v) is 7.04. The van der Waals surface area contributed by atoms with Crippen LogP contribution in [0.25, 0.3) is 16.7 Å². The molecule has 1 aromatic carbocycles. The van der Waals surface area contributed by atoms with Crippen molar-refractivity contribution >= 4 is 16.7 Å². The lowest BCUT2D eigenvalue weighted by atomic mass is 9.85. The van der Waals surface area contributed by atoms with E-state index in [1.54, 1.807) is 7.11 Å². The zero-order valence-electron chi connectivity index (χ0n) is 18.3. The topological polar surface area (TPSA) is 77.3 Å². The summed E-state index contributed by atoms with van der Waals surface area (Å²) in [7, 11) is 1.57. The average Bonchev–Trinajstić information content (AvgIpc) is 3.54. The smallest absolute Gasteiger partial charge is 0.320 e. The minimum atomic E-state index is -0.894. The SMILES string of the molecule is COc1nc(N2CC3CC2CO3)cc(-n2ncc3cc(C)c(C4CCNCC4F)cc32)n1. The largest absolute Gasteiger partial charge is 0.467 e. The van der Waals surface area contributed by atoms with Gasteiger partial charge >= 0.3 is 6.01 Å². The van der Waals surface area contributed by atoms with Gasteiger partial charge in [0.15, 0.2) is 5.82 Å². The molecule has 4 atom stereocenters. The molecule has 0 aliphatic carbocycles. The van der Waals surface area contributed by atoms with E-state index in [1.165, 1.54) is 0 Å². The molecule has 0 radical (unpaired) electrons. The summed E-state index contributed by atoms with van der Waals surface area (Å²) in [5.41, 5.74) is 3.05. The first-order valence-electron chi connectivity index (χ1n) is 11.3. The van der Waals surface area contributed by atoms with Gasteiger partial charge in [-0.25, -0.2) is 9.07 Å². The maximum absolute atomic E-state index is 14.7. The number of halogens is 1. The normalized spacial score (nSPS) is 27.4. The van der Waals surface area contributed by atoms with Gasteiger partial charge in [-0.2, -0.15) is 15.1 Å². The van der Waals surface area contributed by atoms with Crippen LogP contribution in [0.4, 0.5) is 10.2 Å². The molecule has 9 heteroatoms. The Labute approximate surface area is 185 Å². The molecule has 2 aromatic heterocycles. The van der Waals surface area contributed by atoms with Gasteiger partial charge in [-0.05, 0) is 49.6 Å². The first-order chi connectivity index (χ1) is 15.6. The quantitative estimate of drug-likeness (QED) is 0.671. The number of benzene rings is 1. The molecule has 32 heavy (non-hydrogen) atoms. The Morgan fingerprint density at radius 1 is 1.22 bits per heavy atom. The molecule has 3 aliphatic heterocycles. The van der Waals surface area contributed by atoms with Crippen LogP contribution in [0.3, 0.4) is 0 Å². The molecule has 1 N–H and O–H groups in total. The number of aromatic nitrogens is 4. The van der Waals surface area contributed by atoms with Crippen molar-refractivity contribution in [3.63, 3.8) is 0 Å². The number of anilines is 1. The zero-order valence-corrected chi connectivity index (χ0v) is 18.3. The lowest BCUT2D eigenvalue weighted by Crippen LogP contribution is -2.37. The summed E-state index contributed by atoms with van der Waals surface area (Å²) in [6, 6.07) is 6.77. The van der Waals surface area contributed by atoms with E-state index in [-0.39, 0.29) is 12.0 Å². The van der Waals surface area contributed by atoms with Crippen molar-refractivity contribution < 1.29 is 13.9 Å². The Bertz CT molecular complexity index is 1170. The first kappa shape index (κ1) is 19.9. The molecule has 0 saturated carbocycles. The van der Waals surface area contributed by atoms with E-state index in [2.05, 4.69) is 44.3 Å². The summed E-state index contributed by atoms with van der Waals surface area (Å²) in [5, 5.41) is 8.77. The number of ether oxygens (including phenoxy) is 2. The van der Waals surface area contributed by atoms with E-state index in [0.29, 0.717) is 24.4 Å². The molecular weight excluding hydrogens is 411 g/mol. The monoisotopic (exact) mass is 438 g/mol. The predicted molar refractivity (Wildman–Crippen MR) is 119 cm³/mol. The summed E-state index contributed by atoms with van der Waals surface area (Å²) in [5.74, 6) is 1.35. The van der Waals surface area contributed by atoms with Crippen molar-refractivity contribution in [2.24, 2.45) is 0 Å². The predicted octanol–water partition coefficient (Wildman–Crippen LogP) is 2.53. The Morgan fingerprint density at radius 2 is 2.09 bits per heavy atom. The molecule has 4 unspecified atom stereocenters.